The lowest BCUT2D eigenvalue weighted by Crippen LogP contribution is -2.13. The van der Waals surface area contributed by atoms with Gasteiger partial charge in [-0.15, -0.1) is 0 Å². The van der Waals surface area contributed by atoms with E-state index >= 15 is 0 Å². The third kappa shape index (κ3) is 3.00. The zero-order chi connectivity index (χ0) is 14.9. The van der Waals surface area contributed by atoms with Gasteiger partial charge in [0, 0.05) is 11.1 Å². The summed E-state index contributed by atoms with van der Waals surface area (Å²) in [4.78, 5) is 11.9. The Bertz CT molecular complexity index is 669. The molecule has 2 N–H and O–H groups in total. The van der Waals surface area contributed by atoms with Crippen molar-refractivity contribution in [3.8, 4) is 5.75 Å². The Morgan fingerprint density at radius 2 is 1.85 bits per heavy atom. The number of aromatic hydroxyl groups is 1. The van der Waals surface area contributed by atoms with Crippen molar-refractivity contribution in [1.82, 2.24) is 0 Å². The normalized spacial score (nSPS) is 10.4. The number of amides is 1. The highest BCUT2D eigenvalue weighted by Gasteiger charge is 2.16. The summed E-state index contributed by atoms with van der Waals surface area (Å²) in [5.74, 6) is -3.04. The molecule has 0 bridgehead atoms. The maximum atomic E-state index is 13.5. The van der Waals surface area contributed by atoms with Crippen molar-refractivity contribution >= 4 is 34.8 Å². The Hall–Kier alpha value is -1.85. The number of phenolic OH excluding ortho intramolecular Hbond substituents is 1. The summed E-state index contributed by atoms with van der Waals surface area (Å²) in [5, 5.41) is 11.7. The lowest BCUT2D eigenvalue weighted by Gasteiger charge is -2.09. The van der Waals surface area contributed by atoms with Gasteiger partial charge in [-0.05, 0) is 24.3 Å². The lowest BCUT2D eigenvalue weighted by atomic mass is 10.2. The van der Waals surface area contributed by atoms with Gasteiger partial charge in [-0.1, -0.05) is 23.2 Å². The second-order valence-corrected chi connectivity index (χ2v) is 4.70. The Labute approximate surface area is 122 Å². The molecule has 0 atom stereocenters. The van der Waals surface area contributed by atoms with Crippen molar-refractivity contribution < 1.29 is 18.7 Å². The van der Waals surface area contributed by atoms with E-state index in [1.165, 1.54) is 18.2 Å². The van der Waals surface area contributed by atoms with Crippen LogP contribution >= 0.6 is 23.2 Å². The van der Waals surface area contributed by atoms with Crippen molar-refractivity contribution in [3.63, 3.8) is 0 Å². The minimum absolute atomic E-state index is 0.116. The molecular weight excluding hydrogens is 311 g/mol. The molecule has 0 fully saturated rings. The van der Waals surface area contributed by atoms with E-state index in [0.717, 1.165) is 6.07 Å². The van der Waals surface area contributed by atoms with Gasteiger partial charge in [-0.25, -0.2) is 8.78 Å². The molecule has 0 aliphatic heterocycles. The molecule has 3 nitrogen and oxygen atoms in total. The van der Waals surface area contributed by atoms with Gasteiger partial charge in [-0.3, -0.25) is 4.79 Å². The molecule has 0 saturated carbocycles. The highest BCUT2D eigenvalue weighted by atomic mass is 35.5. The number of carbonyl (C=O) groups is 1. The minimum atomic E-state index is -1.02. The van der Waals surface area contributed by atoms with Crippen LogP contribution in [0.2, 0.25) is 10.0 Å². The second-order valence-electron chi connectivity index (χ2n) is 3.86. The number of anilines is 1. The Balaban J connectivity index is 2.33. The van der Waals surface area contributed by atoms with Crippen LogP contribution in [-0.4, -0.2) is 11.0 Å². The third-order valence-electron chi connectivity index (χ3n) is 2.45. The highest BCUT2D eigenvalue weighted by molar-refractivity contribution is 6.34. The van der Waals surface area contributed by atoms with E-state index in [9.17, 15) is 18.7 Å². The number of benzene rings is 2. The molecule has 20 heavy (non-hydrogen) atoms. The first-order valence-corrected chi connectivity index (χ1v) is 6.08. The van der Waals surface area contributed by atoms with Crippen LogP contribution in [0.15, 0.2) is 30.3 Å². The average molecular weight is 318 g/mol. The number of hydrogen-bond donors (Lipinski definition) is 2. The van der Waals surface area contributed by atoms with Gasteiger partial charge < -0.3 is 10.4 Å². The molecule has 7 heteroatoms. The lowest BCUT2D eigenvalue weighted by molar-refractivity contribution is 0.102. The fourth-order valence-corrected chi connectivity index (χ4v) is 1.95. The van der Waals surface area contributed by atoms with Gasteiger partial charge in [-0.2, -0.15) is 0 Å². The summed E-state index contributed by atoms with van der Waals surface area (Å²) in [6, 6.07) is 5.27. The van der Waals surface area contributed by atoms with Crippen molar-refractivity contribution in [3.05, 3.63) is 57.6 Å². The van der Waals surface area contributed by atoms with E-state index in [1.54, 1.807) is 0 Å². The van der Waals surface area contributed by atoms with E-state index in [1.807, 2.05) is 0 Å². The van der Waals surface area contributed by atoms with Gasteiger partial charge in [0.15, 0.2) is 5.82 Å². The number of carbonyl (C=O) groups excluding carboxylic acids is 1. The van der Waals surface area contributed by atoms with E-state index in [0.29, 0.717) is 6.07 Å². The molecule has 104 valence electrons. The molecule has 2 aromatic carbocycles. The van der Waals surface area contributed by atoms with Crippen LogP contribution in [0.3, 0.4) is 0 Å². The summed E-state index contributed by atoms with van der Waals surface area (Å²) in [7, 11) is 0. The molecule has 2 aromatic rings. The molecule has 0 aliphatic carbocycles. The van der Waals surface area contributed by atoms with Crippen LogP contribution in [0.5, 0.6) is 5.75 Å². The number of hydrogen-bond acceptors (Lipinski definition) is 2. The summed E-state index contributed by atoms with van der Waals surface area (Å²) < 4.78 is 26.4. The number of nitrogens with one attached hydrogen (secondary N) is 1. The molecule has 0 aromatic heterocycles. The predicted molar refractivity (Wildman–Crippen MR) is 72.4 cm³/mol. The Morgan fingerprint density at radius 1 is 1.15 bits per heavy atom. The van der Waals surface area contributed by atoms with Crippen molar-refractivity contribution in [1.29, 1.82) is 0 Å². The molecule has 1 amide bonds. The zero-order valence-corrected chi connectivity index (χ0v) is 11.3. The highest BCUT2D eigenvalue weighted by Crippen LogP contribution is 2.28. The minimum Gasteiger partial charge on any atom is -0.507 e. The summed E-state index contributed by atoms with van der Waals surface area (Å²) in [6.07, 6.45) is 0. The average Bonchev–Trinajstić information content (AvgIpc) is 2.33. The summed E-state index contributed by atoms with van der Waals surface area (Å²) in [5.41, 5.74) is -0.485. The van der Waals surface area contributed by atoms with E-state index < -0.39 is 17.5 Å². The fourth-order valence-electron chi connectivity index (χ4n) is 1.54. The van der Waals surface area contributed by atoms with Crippen molar-refractivity contribution in [2.45, 2.75) is 0 Å². The predicted octanol–water partition coefficient (Wildman–Crippen LogP) is 4.23. The quantitative estimate of drug-likeness (QED) is 0.870. The van der Waals surface area contributed by atoms with E-state index in [-0.39, 0.29) is 27.0 Å². The van der Waals surface area contributed by atoms with Crippen LogP contribution < -0.4 is 5.32 Å². The van der Waals surface area contributed by atoms with Crippen LogP contribution in [0.25, 0.3) is 0 Å². The van der Waals surface area contributed by atoms with Gasteiger partial charge in [0.1, 0.15) is 11.6 Å². The van der Waals surface area contributed by atoms with Gasteiger partial charge in [0.2, 0.25) is 0 Å². The van der Waals surface area contributed by atoms with Crippen molar-refractivity contribution in [2.75, 3.05) is 5.32 Å². The summed E-state index contributed by atoms with van der Waals surface area (Å²) >= 11 is 11.3. The monoisotopic (exact) mass is 317 g/mol. The Morgan fingerprint density at radius 3 is 2.45 bits per heavy atom. The summed E-state index contributed by atoms with van der Waals surface area (Å²) in [6.45, 7) is 0. The molecule has 0 aliphatic rings. The van der Waals surface area contributed by atoms with Crippen LogP contribution in [-0.2, 0) is 0 Å². The van der Waals surface area contributed by atoms with Gasteiger partial charge >= 0.3 is 0 Å². The van der Waals surface area contributed by atoms with E-state index in [2.05, 4.69) is 5.32 Å². The van der Waals surface area contributed by atoms with E-state index in [4.69, 9.17) is 23.2 Å². The number of rotatable bonds is 2. The maximum Gasteiger partial charge on any atom is 0.259 e. The number of halogens is 4. The first-order chi connectivity index (χ1) is 9.38. The molecule has 0 radical (unpaired) electrons. The smallest absolute Gasteiger partial charge is 0.259 e. The molecule has 2 rings (SSSR count). The van der Waals surface area contributed by atoms with Crippen LogP contribution in [0.4, 0.5) is 14.5 Å². The van der Waals surface area contributed by atoms with Crippen molar-refractivity contribution in [2.24, 2.45) is 0 Å². The second kappa shape index (κ2) is 5.64. The van der Waals surface area contributed by atoms with Crippen LogP contribution in [0.1, 0.15) is 10.4 Å². The SMILES string of the molecule is O=C(Nc1c(F)cc(F)cc1Cl)c1ccc(Cl)cc1O. The first-order valence-electron chi connectivity index (χ1n) is 5.33. The largest absolute Gasteiger partial charge is 0.507 e. The maximum absolute atomic E-state index is 13.5. The number of phenols is 1. The molecule has 0 heterocycles. The molecular formula is C13H7Cl2F2NO2. The zero-order valence-electron chi connectivity index (χ0n) is 9.75. The van der Waals surface area contributed by atoms with Crippen LogP contribution in [0, 0.1) is 11.6 Å². The standard InChI is InChI=1S/C13H7Cl2F2NO2/c14-6-1-2-8(11(19)3-6)13(20)18-12-9(15)4-7(16)5-10(12)17/h1-5,19H,(H,18,20). The fraction of sp³-hybridized carbons (Fsp3) is 0. The molecule has 0 spiro atoms. The Kier molecular flexibility index (Phi) is 4.11. The molecule has 0 unspecified atom stereocenters. The molecule has 0 saturated heterocycles. The van der Waals surface area contributed by atoms with Gasteiger partial charge in [0.25, 0.3) is 5.91 Å². The van der Waals surface area contributed by atoms with Gasteiger partial charge in [0.05, 0.1) is 16.3 Å². The topological polar surface area (TPSA) is 49.3 Å². The third-order valence-corrected chi connectivity index (χ3v) is 2.98. The first kappa shape index (κ1) is 14.6.